The predicted molar refractivity (Wildman–Crippen MR) is 110 cm³/mol. The largest absolute Gasteiger partial charge is 0.320 e. The smallest absolute Gasteiger partial charge is 0.277 e. The molecule has 3 rings (SSSR count). The van der Waals surface area contributed by atoms with Crippen molar-refractivity contribution in [2.75, 3.05) is 12.4 Å². The Morgan fingerprint density at radius 2 is 1.90 bits per heavy atom. The van der Waals surface area contributed by atoms with Gasteiger partial charge in [0.25, 0.3) is 11.8 Å². The molecule has 2 N–H and O–H groups in total. The SMILES string of the molecule is CONC(=O)c1cc(Cl)cc(C)c1NC(=O)c1cc(Cl)nn1-c1ncccc1Cl. The van der Waals surface area contributed by atoms with Crippen molar-refractivity contribution in [3.05, 3.63) is 68.5 Å². The molecule has 0 aliphatic rings. The van der Waals surface area contributed by atoms with E-state index >= 15 is 0 Å². The number of pyridine rings is 1. The average molecular weight is 455 g/mol. The maximum absolute atomic E-state index is 13.0. The third-order valence-electron chi connectivity index (χ3n) is 3.83. The van der Waals surface area contributed by atoms with Crippen LogP contribution in [0.5, 0.6) is 0 Å². The number of anilines is 1. The van der Waals surface area contributed by atoms with Crippen molar-refractivity contribution in [2.24, 2.45) is 0 Å². The summed E-state index contributed by atoms with van der Waals surface area (Å²) in [4.78, 5) is 34.1. The van der Waals surface area contributed by atoms with Gasteiger partial charge in [-0.1, -0.05) is 34.8 Å². The van der Waals surface area contributed by atoms with Crippen LogP contribution in [0.25, 0.3) is 5.82 Å². The lowest BCUT2D eigenvalue weighted by atomic mass is 10.1. The third-order valence-corrected chi connectivity index (χ3v) is 4.53. The molecule has 0 radical (unpaired) electrons. The van der Waals surface area contributed by atoms with E-state index in [1.54, 1.807) is 25.1 Å². The summed E-state index contributed by atoms with van der Waals surface area (Å²) in [5, 5.41) is 7.46. The first kappa shape index (κ1) is 21.1. The summed E-state index contributed by atoms with van der Waals surface area (Å²) in [5.74, 6) is -0.924. The molecule has 3 aromatic rings. The number of rotatable bonds is 5. The number of halogens is 3. The number of carbonyl (C=O) groups excluding carboxylic acids is 2. The normalized spacial score (nSPS) is 10.7. The molecular weight excluding hydrogens is 441 g/mol. The minimum atomic E-state index is -0.581. The molecule has 0 aliphatic heterocycles. The molecule has 0 unspecified atom stereocenters. The van der Waals surface area contributed by atoms with Crippen LogP contribution in [0, 0.1) is 6.92 Å². The Kier molecular flexibility index (Phi) is 6.39. The standard InChI is InChI=1S/C18H14Cl3N5O3/c1-9-6-10(19)7-11(17(27)25-29-2)15(9)23-18(28)13-8-14(21)24-26(13)16-12(20)4-3-5-22-16/h3-8H,1-2H3,(H,23,28)(H,25,27). The molecule has 29 heavy (non-hydrogen) atoms. The lowest BCUT2D eigenvalue weighted by molar-refractivity contribution is 0.0538. The minimum absolute atomic E-state index is 0.0713. The van der Waals surface area contributed by atoms with Crippen molar-refractivity contribution in [3.63, 3.8) is 0 Å². The van der Waals surface area contributed by atoms with Crippen LogP contribution in [0.3, 0.4) is 0 Å². The van der Waals surface area contributed by atoms with E-state index in [0.29, 0.717) is 10.6 Å². The summed E-state index contributed by atoms with van der Waals surface area (Å²) in [6.07, 6.45) is 1.51. The molecule has 2 amide bonds. The Labute approximate surface area is 180 Å². The molecule has 2 heterocycles. The van der Waals surface area contributed by atoms with E-state index in [1.807, 2.05) is 0 Å². The van der Waals surface area contributed by atoms with E-state index in [1.165, 1.54) is 30.1 Å². The minimum Gasteiger partial charge on any atom is -0.320 e. The van der Waals surface area contributed by atoms with Crippen molar-refractivity contribution < 1.29 is 14.4 Å². The molecule has 0 spiro atoms. The third kappa shape index (κ3) is 4.51. The van der Waals surface area contributed by atoms with Crippen LogP contribution in [0.4, 0.5) is 5.69 Å². The summed E-state index contributed by atoms with van der Waals surface area (Å²) < 4.78 is 1.22. The van der Waals surface area contributed by atoms with Crippen LogP contribution in [-0.4, -0.2) is 33.7 Å². The molecule has 0 aliphatic carbocycles. The Morgan fingerprint density at radius 3 is 2.59 bits per heavy atom. The fourth-order valence-corrected chi connectivity index (χ4v) is 3.28. The first-order chi connectivity index (χ1) is 13.8. The number of hydroxylamine groups is 1. The van der Waals surface area contributed by atoms with Crippen LogP contribution in [0.15, 0.2) is 36.5 Å². The Hall–Kier alpha value is -2.65. The average Bonchev–Trinajstić information content (AvgIpc) is 3.05. The molecule has 1 aromatic carbocycles. The summed E-state index contributed by atoms with van der Waals surface area (Å²) in [5.41, 5.74) is 3.22. The Balaban J connectivity index is 2.03. The van der Waals surface area contributed by atoms with E-state index < -0.39 is 11.8 Å². The molecule has 11 heteroatoms. The van der Waals surface area contributed by atoms with Gasteiger partial charge in [0.2, 0.25) is 0 Å². The molecule has 2 aromatic heterocycles. The zero-order chi connectivity index (χ0) is 21.1. The highest BCUT2D eigenvalue weighted by atomic mass is 35.5. The Bertz CT molecular complexity index is 1100. The highest BCUT2D eigenvalue weighted by molar-refractivity contribution is 6.32. The second-order valence-corrected chi connectivity index (χ2v) is 7.04. The van der Waals surface area contributed by atoms with Gasteiger partial charge in [0.05, 0.1) is 23.4 Å². The van der Waals surface area contributed by atoms with Gasteiger partial charge in [-0.15, -0.1) is 0 Å². The number of nitrogens with one attached hydrogen (secondary N) is 2. The number of hydrogen-bond acceptors (Lipinski definition) is 5. The number of nitrogens with zero attached hydrogens (tertiary/aromatic N) is 3. The maximum Gasteiger partial charge on any atom is 0.277 e. The van der Waals surface area contributed by atoms with Gasteiger partial charge in [-0.2, -0.15) is 5.10 Å². The van der Waals surface area contributed by atoms with E-state index in [-0.39, 0.29) is 32.9 Å². The zero-order valence-electron chi connectivity index (χ0n) is 15.2. The van der Waals surface area contributed by atoms with E-state index in [9.17, 15) is 9.59 Å². The first-order valence-electron chi connectivity index (χ1n) is 8.13. The molecular formula is C18H14Cl3N5O3. The van der Waals surface area contributed by atoms with Crippen LogP contribution in [-0.2, 0) is 4.84 Å². The van der Waals surface area contributed by atoms with Crippen LogP contribution in [0.1, 0.15) is 26.4 Å². The van der Waals surface area contributed by atoms with Gasteiger partial charge >= 0.3 is 0 Å². The first-order valence-corrected chi connectivity index (χ1v) is 9.26. The number of benzene rings is 1. The van der Waals surface area contributed by atoms with Gasteiger partial charge in [-0.05, 0) is 36.8 Å². The number of hydrogen-bond donors (Lipinski definition) is 2. The summed E-state index contributed by atoms with van der Waals surface area (Å²) >= 11 is 18.2. The van der Waals surface area contributed by atoms with Gasteiger partial charge in [0.1, 0.15) is 5.69 Å². The lowest BCUT2D eigenvalue weighted by Crippen LogP contribution is -2.25. The van der Waals surface area contributed by atoms with Crippen LogP contribution < -0.4 is 10.8 Å². The van der Waals surface area contributed by atoms with Crippen molar-refractivity contribution in [1.29, 1.82) is 0 Å². The van der Waals surface area contributed by atoms with Gasteiger partial charge in [0, 0.05) is 17.3 Å². The molecule has 0 bridgehead atoms. The van der Waals surface area contributed by atoms with E-state index in [0.717, 1.165) is 0 Å². The fourth-order valence-electron chi connectivity index (χ4n) is 2.62. The molecule has 0 saturated heterocycles. The highest BCUT2D eigenvalue weighted by Crippen LogP contribution is 2.27. The van der Waals surface area contributed by atoms with Gasteiger partial charge in [-0.25, -0.2) is 15.1 Å². The van der Waals surface area contributed by atoms with Crippen LogP contribution >= 0.6 is 34.8 Å². The van der Waals surface area contributed by atoms with Gasteiger partial charge in [-0.3, -0.25) is 14.4 Å². The van der Waals surface area contributed by atoms with Crippen molar-refractivity contribution in [3.8, 4) is 5.82 Å². The fraction of sp³-hybridized carbons (Fsp3) is 0.111. The lowest BCUT2D eigenvalue weighted by Gasteiger charge is -2.15. The second-order valence-electron chi connectivity index (χ2n) is 5.81. The molecule has 150 valence electrons. The van der Waals surface area contributed by atoms with Crippen LogP contribution in [0.2, 0.25) is 15.2 Å². The summed E-state index contributed by atoms with van der Waals surface area (Å²) in [6.45, 7) is 1.70. The molecule has 0 atom stereocenters. The zero-order valence-corrected chi connectivity index (χ0v) is 17.4. The van der Waals surface area contributed by atoms with Gasteiger partial charge < -0.3 is 5.32 Å². The number of aromatic nitrogens is 3. The molecule has 0 fully saturated rings. The second kappa shape index (κ2) is 8.79. The van der Waals surface area contributed by atoms with E-state index in [4.69, 9.17) is 34.8 Å². The maximum atomic E-state index is 13.0. The van der Waals surface area contributed by atoms with Crippen molar-refractivity contribution in [2.45, 2.75) is 6.92 Å². The van der Waals surface area contributed by atoms with Crippen molar-refractivity contribution >= 4 is 52.3 Å². The van der Waals surface area contributed by atoms with Crippen molar-refractivity contribution in [1.82, 2.24) is 20.2 Å². The predicted octanol–water partition coefficient (Wildman–Crippen LogP) is 4.08. The van der Waals surface area contributed by atoms with E-state index in [2.05, 4.69) is 25.7 Å². The number of aryl methyl sites for hydroxylation is 1. The summed E-state index contributed by atoms with van der Waals surface area (Å²) in [7, 11) is 1.30. The molecule has 8 nitrogen and oxygen atoms in total. The van der Waals surface area contributed by atoms with Gasteiger partial charge in [0.15, 0.2) is 11.0 Å². The molecule has 0 saturated carbocycles. The highest BCUT2D eigenvalue weighted by Gasteiger charge is 2.22. The monoisotopic (exact) mass is 453 g/mol. The topological polar surface area (TPSA) is 98.1 Å². The quantitative estimate of drug-likeness (QED) is 0.566. The summed E-state index contributed by atoms with van der Waals surface area (Å²) in [6, 6.07) is 7.65. The Morgan fingerprint density at radius 1 is 1.14 bits per heavy atom. The number of amides is 2. The number of carbonyl (C=O) groups is 2.